The largest absolute Gasteiger partial charge is 0.369 e. The average Bonchev–Trinajstić information content (AvgIpc) is 2.44. The molecule has 0 aliphatic heterocycles. The summed E-state index contributed by atoms with van der Waals surface area (Å²) in [6, 6.07) is 15.2. The molecule has 0 saturated carbocycles. The molecule has 2 aromatic carbocycles. The topological polar surface area (TPSA) is 88.8 Å². The van der Waals surface area contributed by atoms with Crippen molar-refractivity contribution >= 4 is 39.2 Å². The fourth-order valence-corrected chi connectivity index (χ4v) is 1.87. The quantitative estimate of drug-likeness (QED) is 0.577. The Morgan fingerprint density at radius 2 is 1.62 bits per heavy atom. The molecule has 0 aliphatic rings. The van der Waals surface area contributed by atoms with Crippen LogP contribution in [0.2, 0.25) is 0 Å². The number of benzene rings is 2. The van der Waals surface area contributed by atoms with E-state index in [-0.39, 0.29) is 11.9 Å². The number of nitrogens with two attached hydrogens (primary N) is 2. The number of halogens is 1. The second-order valence-corrected chi connectivity index (χ2v) is 5.35. The molecule has 0 atom stereocenters. The van der Waals surface area contributed by atoms with E-state index in [0.717, 1.165) is 21.4 Å². The predicted molar refractivity (Wildman–Crippen MR) is 91.8 cm³/mol. The van der Waals surface area contributed by atoms with Gasteiger partial charge in [0.05, 0.1) is 5.69 Å². The van der Waals surface area contributed by atoms with Crippen LogP contribution in [0.15, 0.2) is 63.0 Å². The second kappa shape index (κ2) is 6.90. The molecule has 0 unspecified atom stereocenters. The zero-order chi connectivity index (χ0) is 15.2. The van der Waals surface area contributed by atoms with Gasteiger partial charge in [0.25, 0.3) is 0 Å². The molecule has 5 nitrogen and oxygen atoms in total. The first kappa shape index (κ1) is 15.1. The number of aryl methyl sites for hydroxylation is 1. The van der Waals surface area contributed by atoms with Gasteiger partial charge < -0.3 is 16.8 Å². The summed E-state index contributed by atoms with van der Waals surface area (Å²) in [4.78, 5) is 8.19. The summed E-state index contributed by atoms with van der Waals surface area (Å²) in [6.45, 7) is 2.01. The molecule has 0 fully saturated rings. The van der Waals surface area contributed by atoms with Gasteiger partial charge in [-0.3, -0.25) is 0 Å². The molecule has 5 N–H and O–H groups in total. The molecule has 21 heavy (non-hydrogen) atoms. The second-order valence-electron chi connectivity index (χ2n) is 4.43. The number of hydrogen-bond acceptors (Lipinski definition) is 1. The van der Waals surface area contributed by atoms with Crippen LogP contribution in [-0.4, -0.2) is 11.9 Å². The Balaban J connectivity index is 2.06. The maximum absolute atomic E-state index is 5.79. The van der Waals surface area contributed by atoms with Crippen LogP contribution in [0, 0.1) is 6.92 Å². The molecule has 0 heterocycles. The first-order valence-electron chi connectivity index (χ1n) is 6.30. The highest BCUT2D eigenvalue weighted by Gasteiger charge is 1.97. The lowest BCUT2D eigenvalue weighted by atomic mass is 10.2. The van der Waals surface area contributed by atoms with E-state index < -0.39 is 0 Å². The SMILES string of the molecule is Cc1ccc(N=C(N)N=C(N)Nc2ccc(Br)cc2)cc1. The standard InChI is InChI=1S/C15H16BrN5/c1-10-2-6-12(7-3-10)19-14(17)21-15(18)20-13-8-4-11(16)5-9-13/h2-9H,1H3,(H5,17,18,19,20,21). The van der Waals surface area contributed by atoms with Crippen molar-refractivity contribution in [1.29, 1.82) is 0 Å². The summed E-state index contributed by atoms with van der Waals surface area (Å²) >= 11 is 3.37. The predicted octanol–water partition coefficient (Wildman–Crippen LogP) is 3.13. The van der Waals surface area contributed by atoms with Gasteiger partial charge >= 0.3 is 0 Å². The summed E-state index contributed by atoms with van der Waals surface area (Å²) in [5.41, 5.74) is 14.3. The number of anilines is 1. The van der Waals surface area contributed by atoms with Crippen molar-refractivity contribution in [3.63, 3.8) is 0 Å². The van der Waals surface area contributed by atoms with Gasteiger partial charge in [0.15, 0.2) is 0 Å². The van der Waals surface area contributed by atoms with Crippen molar-refractivity contribution < 1.29 is 0 Å². The van der Waals surface area contributed by atoms with Gasteiger partial charge in [-0.1, -0.05) is 33.6 Å². The van der Waals surface area contributed by atoms with Gasteiger partial charge in [-0.2, -0.15) is 4.99 Å². The van der Waals surface area contributed by atoms with Crippen molar-refractivity contribution in [3.8, 4) is 0 Å². The number of aliphatic imine (C=N–C) groups is 2. The molecule has 0 aliphatic carbocycles. The third-order valence-electron chi connectivity index (χ3n) is 2.63. The van der Waals surface area contributed by atoms with Gasteiger partial charge in [0.2, 0.25) is 11.9 Å². The molecule has 108 valence electrons. The van der Waals surface area contributed by atoms with Crippen molar-refractivity contribution in [2.24, 2.45) is 21.5 Å². The van der Waals surface area contributed by atoms with E-state index in [0.29, 0.717) is 0 Å². The molecule has 0 spiro atoms. The lowest BCUT2D eigenvalue weighted by Gasteiger charge is -2.05. The van der Waals surface area contributed by atoms with Crippen LogP contribution in [0.5, 0.6) is 0 Å². The monoisotopic (exact) mass is 345 g/mol. The minimum Gasteiger partial charge on any atom is -0.369 e. The minimum absolute atomic E-state index is 0.0981. The number of hydrogen-bond donors (Lipinski definition) is 3. The summed E-state index contributed by atoms with van der Waals surface area (Å²) in [6.07, 6.45) is 0. The number of nitrogens with one attached hydrogen (secondary N) is 1. The summed E-state index contributed by atoms with van der Waals surface area (Å²) in [5.74, 6) is 0.284. The third kappa shape index (κ3) is 4.92. The van der Waals surface area contributed by atoms with E-state index in [4.69, 9.17) is 11.5 Å². The highest BCUT2D eigenvalue weighted by Crippen LogP contribution is 2.14. The minimum atomic E-state index is 0.0981. The maximum atomic E-state index is 5.79. The van der Waals surface area contributed by atoms with Crippen LogP contribution in [0.3, 0.4) is 0 Å². The summed E-state index contributed by atoms with van der Waals surface area (Å²) in [5, 5.41) is 2.94. The molecule has 0 aromatic heterocycles. The van der Waals surface area contributed by atoms with Crippen LogP contribution in [-0.2, 0) is 0 Å². The Hall–Kier alpha value is -2.34. The number of guanidine groups is 2. The Morgan fingerprint density at radius 3 is 2.24 bits per heavy atom. The van der Waals surface area contributed by atoms with Crippen molar-refractivity contribution in [2.75, 3.05) is 5.32 Å². The zero-order valence-corrected chi connectivity index (χ0v) is 13.1. The average molecular weight is 346 g/mol. The molecule has 0 bridgehead atoms. The van der Waals surface area contributed by atoms with E-state index in [1.165, 1.54) is 0 Å². The lowest BCUT2D eigenvalue weighted by Crippen LogP contribution is -2.25. The van der Waals surface area contributed by atoms with Gasteiger partial charge in [-0.25, -0.2) is 4.99 Å². The van der Waals surface area contributed by atoms with Crippen LogP contribution in [0.1, 0.15) is 5.56 Å². The Kier molecular flexibility index (Phi) is 4.94. The van der Waals surface area contributed by atoms with Crippen molar-refractivity contribution in [1.82, 2.24) is 0 Å². The molecule has 2 aromatic rings. The molecule has 0 amide bonds. The maximum Gasteiger partial charge on any atom is 0.223 e. The summed E-state index contributed by atoms with van der Waals surface area (Å²) < 4.78 is 0.990. The van der Waals surface area contributed by atoms with Crippen LogP contribution >= 0.6 is 15.9 Å². The molecule has 0 radical (unpaired) electrons. The van der Waals surface area contributed by atoms with E-state index in [9.17, 15) is 0 Å². The Labute approximate surface area is 131 Å². The lowest BCUT2D eigenvalue weighted by molar-refractivity contribution is 1.37. The van der Waals surface area contributed by atoms with Crippen LogP contribution in [0.25, 0.3) is 0 Å². The van der Waals surface area contributed by atoms with Gasteiger partial charge in [0, 0.05) is 10.2 Å². The fourth-order valence-electron chi connectivity index (χ4n) is 1.61. The Bertz CT molecular complexity index is 659. The van der Waals surface area contributed by atoms with E-state index in [1.807, 2.05) is 55.5 Å². The van der Waals surface area contributed by atoms with E-state index >= 15 is 0 Å². The van der Waals surface area contributed by atoms with Crippen molar-refractivity contribution in [3.05, 3.63) is 58.6 Å². The van der Waals surface area contributed by atoms with Crippen LogP contribution in [0.4, 0.5) is 11.4 Å². The first-order valence-corrected chi connectivity index (χ1v) is 7.10. The van der Waals surface area contributed by atoms with Crippen molar-refractivity contribution in [2.45, 2.75) is 6.92 Å². The van der Waals surface area contributed by atoms with E-state index in [1.54, 1.807) is 0 Å². The summed E-state index contributed by atoms with van der Waals surface area (Å²) in [7, 11) is 0. The smallest absolute Gasteiger partial charge is 0.223 e. The molecular formula is C15H16BrN5. The first-order chi connectivity index (χ1) is 10.0. The number of nitrogens with zero attached hydrogens (tertiary/aromatic N) is 2. The zero-order valence-electron chi connectivity index (χ0n) is 11.5. The van der Waals surface area contributed by atoms with Gasteiger partial charge in [-0.15, -0.1) is 0 Å². The molecular weight excluding hydrogens is 330 g/mol. The molecule has 6 heteroatoms. The highest BCUT2D eigenvalue weighted by atomic mass is 79.9. The normalized spacial score (nSPS) is 12.3. The molecule has 0 saturated heterocycles. The highest BCUT2D eigenvalue weighted by molar-refractivity contribution is 9.10. The number of rotatable bonds is 2. The van der Waals surface area contributed by atoms with Crippen LogP contribution < -0.4 is 16.8 Å². The van der Waals surface area contributed by atoms with E-state index in [2.05, 4.69) is 31.2 Å². The van der Waals surface area contributed by atoms with Gasteiger partial charge in [-0.05, 0) is 43.3 Å². The fraction of sp³-hybridized carbons (Fsp3) is 0.0667. The third-order valence-corrected chi connectivity index (χ3v) is 3.16. The molecule has 2 rings (SSSR count). The Morgan fingerprint density at radius 1 is 1.00 bits per heavy atom. The van der Waals surface area contributed by atoms with Gasteiger partial charge in [0.1, 0.15) is 0 Å².